The Balaban J connectivity index is 1.97. The van der Waals surface area contributed by atoms with Crippen molar-refractivity contribution in [3.8, 4) is 11.5 Å². The van der Waals surface area contributed by atoms with E-state index >= 15 is 0 Å². The molecule has 7 heteroatoms. The Morgan fingerprint density at radius 1 is 1.39 bits per heavy atom. The van der Waals surface area contributed by atoms with Crippen molar-refractivity contribution in [3.63, 3.8) is 0 Å². The third-order valence-electron chi connectivity index (χ3n) is 2.74. The van der Waals surface area contributed by atoms with E-state index in [9.17, 15) is 8.42 Å². The number of nitrogens with one attached hydrogen (secondary N) is 1. The lowest BCUT2D eigenvalue weighted by atomic mass is 10.3. The highest BCUT2D eigenvalue weighted by molar-refractivity contribution is 7.89. The number of rotatable bonds is 4. The minimum atomic E-state index is -3.50. The van der Waals surface area contributed by atoms with Crippen LogP contribution in [-0.2, 0) is 10.0 Å². The molecule has 0 aromatic carbocycles. The van der Waals surface area contributed by atoms with Gasteiger partial charge in [0.1, 0.15) is 10.7 Å². The van der Waals surface area contributed by atoms with Crippen molar-refractivity contribution in [2.24, 2.45) is 0 Å². The molecule has 0 atom stereocenters. The minimum Gasteiger partial charge on any atom is -0.457 e. The van der Waals surface area contributed by atoms with Gasteiger partial charge in [-0.3, -0.25) is 0 Å². The van der Waals surface area contributed by atoms with Gasteiger partial charge in [-0.15, -0.1) is 0 Å². The van der Waals surface area contributed by atoms with Crippen LogP contribution in [0, 0.1) is 6.92 Å². The van der Waals surface area contributed by atoms with Gasteiger partial charge in [0.25, 0.3) is 0 Å². The molecule has 6 nitrogen and oxygen atoms in total. The summed E-state index contributed by atoms with van der Waals surface area (Å²) in [5, 5.41) is 3.56. The van der Waals surface area contributed by atoms with Crippen LogP contribution in [0.5, 0.6) is 0 Å². The molecule has 2 heterocycles. The Morgan fingerprint density at radius 2 is 2.17 bits per heavy atom. The molecule has 1 N–H and O–H groups in total. The molecule has 3 rings (SSSR count). The second kappa shape index (κ2) is 3.96. The number of hydrogen-bond donors (Lipinski definition) is 1. The maximum Gasteiger partial charge on any atom is 0.244 e. The quantitative estimate of drug-likeness (QED) is 0.911. The number of hydrogen-bond acceptors (Lipinski definition) is 5. The molecule has 18 heavy (non-hydrogen) atoms. The van der Waals surface area contributed by atoms with Crippen LogP contribution < -0.4 is 4.72 Å². The molecule has 0 bridgehead atoms. The number of aromatic nitrogens is 1. The number of sulfonamides is 1. The van der Waals surface area contributed by atoms with Crippen LogP contribution in [0.15, 0.2) is 32.2 Å². The average molecular weight is 268 g/mol. The second-order valence-electron chi connectivity index (χ2n) is 4.30. The van der Waals surface area contributed by atoms with Gasteiger partial charge in [-0.25, -0.2) is 13.1 Å². The average Bonchev–Trinajstić information content (AvgIpc) is 2.83. The summed E-state index contributed by atoms with van der Waals surface area (Å²) in [4.78, 5) is 0.154. The molecule has 0 unspecified atom stereocenters. The molecule has 96 valence electrons. The van der Waals surface area contributed by atoms with Crippen LogP contribution in [-0.4, -0.2) is 19.6 Å². The Kier molecular flexibility index (Phi) is 2.53. The van der Waals surface area contributed by atoms with E-state index in [4.69, 9.17) is 8.94 Å². The molecule has 0 spiro atoms. The van der Waals surface area contributed by atoms with Crippen LogP contribution >= 0.6 is 0 Å². The summed E-state index contributed by atoms with van der Waals surface area (Å²) in [6.45, 7) is 1.61. The first-order chi connectivity index (χ1) is 8.56. The SMILES string of the molecule is Cc1oc(-c2ccno2)cc1S(=O)(=O)NC1CC1. The fourth-order valence-corrected chi connectivity index (χ4v) is 3.16. The molecular weight excluding hydrogens is 256 g/mol. The largest absolute Gasteiger partial charge is 0.457 e. The van der Waals surface area contributed by atoms with Gasteiger partial charge in [0.15, 0.2) is 5.76 Å². The molecule has 1 aliphatic carbocycles. The third kappa shape index (κ3) is 2.06. The Morgan fingerprint density at radius 3 is 2.78 bits per heavy atom. The van der Waals surface area contributed by atoms with E-state index in [-0.39, 0.29) is 10.9 Å². The summed E-state index contributed by atoms with van der Waals surface area (Å²) in [5.41, 5.74) is 0. The number of furan rings is 1. The van der Waals surface area contributed by atoms with Gasteiger partial charge in [0, 0.05) is 18.2 Å². The summed E-state index contributed by atoms with van der Waals surface area (Å²) in [7, 11) is -3.50. The topological polar surface area (TPSA) is 85.3 Å². The molecule has 0 aliphatic heterocycles. The van der Waals surface area contributed by atoms with Crippen molar-refractivity contribution >= 4 is 10.0 Å². The highest BCUT2D eigenvalue weighted by Gasteiger charge is 2.30. The van der Waals surface area contributed by atoms with Gasteiger partial charge in [-0.05, 0) is 19.8 Å². The van der Waals surface area contributed by atoms with Crippen LogP contribution in [0.3, 0.4) is 0 Å². The van der Waals surface area contributed by atoms with Gasteiger partial charge in [-0.1, -0.05) is 5.16 Å². The van der Waals surface area contributed by atoms with E-state index < -0.39 is 10.0 Å². The molecule has 0 radical (unpaired) electrons. The zero-order chi connectivity index (χ0) is 12.8. The van der Waals surface area contributed by atoms with E-state index in [0.29, 0.717) is 17.3 Å². The van der Waals surface area contributed by atoms with Crippen molar-refractivity contribution in [1.82, 2.24) is 9.88 Å². The van der Waals surface area contributed by atoms with Crippen LogP contribution in [0.1, 0.15) is 18.6 Å². The van der Waals surface area contributed by atoms with Crippen molar-refractivity contribution in [2.75, 3.05) is 0 Å². The Hall–Kier alpha value is -1.60. The van der Waals surface area contributed by atoms with Gasteiger partial charge in [0.05, 0.1) is 6.20 Å². The lowest BCUT2D eigenvalue weighted by Crippen LogP contribution is -2.25. The predicted molar refractivity (Wildman–Crippen MR) is 62.3 cm³/mol. The Labute approximate surface area is 104 Å². The highest BCUT2D eigenvalue weighted by atomic mass is 32.2. The first-order valence-corrected chi connectivity index (χ1v) is 7.08. The molecule has 2 aromatic heterocycles. The molecule has 1 aliphatic rings. The fourth-order valence-electron chi connectivity index (χ4n) is 1.68. The van der Waals surface area contributed by atoms with E-state index in [2.05, 4.69) is 9.88 Å². The summed E-state index contributed by atoms with van der Waals surface area (Å²) < 4.78 is 37.1. The standard InChI is InChI=1S/C11H12N2O4S/c1-7-11(18(14,15)13-8-2-3-8)6-10(16-7)9-4-5-12-17-9/h4-6,8,13H,2-3H2,1H3. The third-order valence-corrected chi connectivity index (χ3v) is 4.37. The van der Waals surface area contributed by atoms with Crippen molar-refractivity contribution < 1.29 is 17.4 Å². The van der Waals surface area contributed by atoms with E-state index in [1.165, 1.54) is 12.3 Å². The zero-order valence-corrected chi connectivity index (χ0v) is 10.5. The first-order valence-electron chi connectivity index (χ1n) is 5.60. The van der Waals surface area contributed by atoms with Gasteiger partial charge >= 0.3 is 0 Å². The van der Waals surface area contributed by atoms with Gasteiger partial charge in [-0.2, -0.15) is 0 Å². The monoisotopic (exact) mass is 268 g/mol. The molecule has 1 fully saturated rings. The van der Waals surface area contributed by atoms with Crippen LogP contribution in [0.4, 0.5) is 0 Å². The fraction of sp³-hybridized carbons (Fsp3) is 0.364. The second-order valence-corrected chi connectivity index (χ2v) is 5.99. The summed E-state index contributed by atoms with van der Waals surface area (Å²) in [6.07, 6.45) is 3.26. The maximum absolute atomic E-state index is 12.1. The van der Waals surface area contributed by atoms with Crippen LogP contribution in [0.25, 0.3) is 11.5 Å². The van der Waals surface area contributed by atoms with Crippen molar-refractivity contribution in [2.45, 2.75) is 30.7 Å². The predicted octanol–water partition coefficient (Wildman–Crippen LogP) is 1.68. The minimum absolute atomic E-state index is 0.0676. The molecule has 2 aromatic rings. The zero-order valence-electron chi connectivity index (χ0n) is 9.71. The molecule has 0 saturated heterocycles. The van der Waals surface area contributed by atoms with E-state index in [1.54, 1.807) is 13.0 Å². The molecular formula is C11H12N2O4S. The summed E-state index contributed by atoms with van der Waals surface area (Å²) in [5.74, 6) is 1.11. The number of nitrogens with zero attached hydrogens (tertiary/aromatic N) is 1. The molecule has 0 amide bonds. The Bertz CT molecular complexity index is 653. The lowest BCUT2D eigenvalue weighted by molar-refractivity contribution is 0.414. The summed E-state index contributed by atoms with van der Waals surface area (Å²) >= 11 is 0. The maximum atomic E-state index is 12.1. The summed E-state index contributed by atoms with van der Waals surface area (Å²) in [6, 6.07) is 3.14. The van der Waals surface area contributed by atoms with E-state index in [0.717, 1.165) is 12.8 Å². The van der Waals surface area contributed by atoms with Gasteiger partial charge < -0.3 is 8.94 Å². The lowest BCUT2D eigenvalue weighted by Gasteiger charge is -2.02. The van der Waals surface area contributed by atoms with Crippen LogP contribution in [0.2, 0.25) is 0 Å². The first kappa shape index (κ1) is 11.5. The van der Waals surface area contributed by atoms with Crippen molar-refractivity contribution in [1.29, 1.82) is 0 Å². The van der Waals surface area contributed by atoms with Gasteiger partial charge in [0.2, 0.25) is 15.8 Å². The van der Waals surface area contributed by atoms with Crippen molar-refractivity contribution in [3.05, 3.63) is 24.1 Å². The highest BCUT2D eigenvalue weighted by Crippen LogP contribution is 2.29. The normalized spacial score (nSPS) is 16.1. The van der Waals surface area contributed by atoms with E-state index in [1.807, 2.05) is 0 Å². The number of aryl methyl sites for hydroxylation is 1. The smallest absolute Gasteiger partial charge is 0.244 e. The molecule has 1 saturated carbocycles.